The van der Waals surface area contributed by atoms with Gasteiger partial charge in [0.25, 0.3) is 0 Å². The predicted molar refractivity (Wildman–Crippen MR) is 50.8 cm³/mol. The summed E-state index contributed by atoms with van der Waals surface area (Å²) in [6.45, 7) is 4.06. The molecule has 0 aliphatic carbocycles. The maximum Gasteiger partial charge on any atom is 0.156 e. The highest BCUT2D eigenvalue weighted by atomic mass is 16.5. The number of ether oxygens (including phenoxy) is 2. The fourth-order valence-corrected chi connectivity index (χ4v) is 2.09. The second-order valence-electron chi connectivity index (χ2n) is 3.85. The van der Waals surface area contributed by atoms with Crippen LogP contribution in [0.15, 0.2) is 0 Å². The van der Waals surface area contributed by atoms with E-state index in [0.29, 0.717) is 12.6 Å². The van der Waals surface area contributed by atoms with Crippen LogP contribution in [0, 0.1) is 11.3 Å². The number of nitrogens with zero attached hydrogens (tertiary/aromatic N) is 2. The van der Waals surface area contributed by atoms with E-state index >= 15 is 0 Å². The van der Waals surface area contributed by atoms with Gasteiger partial charge < -0.3 is 9.47 Å². The molecule has 2 unspecified atom stereocenters. The molecular formula is C10H16N2O2. The Hall–Kier alpha value is -0.630. The van der Waals surface area contributed by atoms with Crippen LogP contribution in [0.4, 0.5) is 0 Å². The highest BCUT2D eigenvalue weighted by Crippen LogP contribution is 2.16. The van der Waals surface area contributed by atoms with Crippen molar-refractivity contribution in [3.8, 4) is 6.07 Å². The van der Waals surface area contributed by atoms with E-state index in [-0.39, 0.29) is 6.10 Å². The van der Waals surface area contributed by atoms with Crippen molar-refractivity contribution in [3.63, 3.8) is 0 Å². The Morgan fingerprint density at radius 1 is 1.36 bits per heavy atom. The first kappa shape index (κ1) is 9.91. The first-order chi connectivity index (χ1) is 6.90. The van der Waals surface area contributed by atoms with Crippen molar-refractivity contribution in [1.29, 1.82) is 5.26 Å². The first-order valence-corrected chi connectivity index (χ1v) is 5.23. The lowest BCUT2D eigenvalue weighted by molar-refractivity contribution is -0.0510. The van der Waals surface area contributed by atoms with Gasteiger partial charge in [-0.15, -0.1) is 0 Å². The molecule has 0 radical (unpaired) electrons. The van der Waals surface area contributed by atoms with E-state index in [1.165, 1.54) is 6.42 Å². The van der Waals surface area contributed by atoms with E-state index in [4.69, 9.17) is 14.7 Å². The quantitative estimate of drug-likeness (QED) is 0.608. The predicted octanol–water partition coefficient (Wildman–Crippen LogP) is 0.390. The average molecular weight is 196 g/mol. The molecule has 2 fully saturated rings. The van der Waals surface area contributed by atoms with Crippen molar-refractivity contribution >= 4 is 0 Å². The van der Waals surface area contributed by atoms with E-state index in [0.717, 1.165) is 32.7 Å². The van der Waals surface area contributed by atoms with Gasteiger partial charge in [-0.25, -0.2) is 0 Å². The molecule has 0 aromatic carbocycles. The number of nitriles is 1. The minimum Gasteiger partial charge on any atom is -0.380 e. The number of hydrogen-bond donors (Lipinski definition) is 0. The second kappa shape index (κ2) is 4.74. The van der Waals surface area contributed by atoms with Crippen LogP contribution in [0.5, 0.6) is 0 Å². The average Bonchev–Trinajstić information content (AvgIpc) is 2.30. The SMILES string of the molecule is N#CC1CN(C2CCCOC2)CCO1. The lowest BCUT2D eigenvalue weighted by Crippen LogP contribution is -2.50. The highest BCUT2D eigenvalue weighted by molar-refractivity contribution is 4.91. The Bertz CT molecular complexity index is 221. The van der Waals surface area contributed by atoms with Crippen molar-refractivity contribution in [1.82, 2.24) is 4.90 Å². The molecule has 0 aromatic rings. The molecule has 4 nitrogen and oxygen atoms in total. The number of hydrogen-bond acceptors (Lipinski definition) is 4. The third-order valence-corrected chi connectivity index (χ3v) is 2.89. The maximum atomic E-state index is 8.77. The molecule has 14 heavy (non-hydrogen) atoms. The molecule has 0 N–H and O–H groups in total. The van der Waals surface area contributed by atoms with Gasteiger partial charge in [-0.1, -0.05) is 0 Å². The Labute approximate surface area is 84.4 Å². The first-order valence-electron chi connectivity index (χ1n) is 5.23. The Balaban J connectivity index is 1.87. The van der Waals surface area contributed by atoms with Crippen LogP contribution in [0.3, 0.4) is 0 Å². The largest absolute Gasteiger partial charge is 0.380 e. The maximum absolute atomic E-state index is 8.77. The summed E-state index contributed by atoms with van der Waals surface area (Å²) in [5.74, 6) is 0. The summed E-state index contributed by atoms with van der Waals surface area (Å²) in [5, 5.41) is 8.77. The van der Waals surface area contributed by atoms with Crippen LogP contribution in [-0.4, -0.2) is 50.0 Å². The van der Waals surface area contributed by atoms with Crippen molar-refractivity contribution in [3.05, 3.63) is 0 Å². The zero-order valence-electron chi connectivity index (χ0n) is 8.32. The van der Waals surface area contributed by atoms with Gasteiger partial charge in [0.15, 0.2) is 6.10 Å². The summed E-state index contributed by atoms with van der Waals surface area (Å²) < 4.78 is 10.7. The van der Waals surface area contributed by atoms with Crippen molar-refractivity contribution in [2.45, 2.75) is 25.0 Å². The molecule has 2 rings (SSSR count). The Morgan fingerprint density at radius 3 is 3.00 bits per heavy atom. The molecule has 0 aromatic heterocycles. The fraction of sp³-hybridized carbons (Fsp3) is 0.900. The molecule has 2 aliphatic heterocycles. The molecule has 2 aliphatic rings. The summed E-state index contributed by atoms with van der Waals surface area (Å²) in [4.78, 5) is 2.33. The molecule has 0 spiro atoms. The van der Waals surface area contributed by atoms with Gasteiger partial charge in [0.1, 0.15) is 0 Å². The minimum atomic E-state index is -0.245. The van der Waals surface area contributed by atoms with Crippen molar-refractivity contribution in [2.75, 3.05) is 32.9 Å². The lowest BCUT2D eigenvalue weighted by Gasteiger charge is -2.37. The zero-order chi connectivity index (χ0) is 9.80. The van der Waals surface area contributed by atoms with Crippen molar-refractivity contribution in [2.24, 2.45) is 0 Å². The minimum absolute atomic E-state index is 0.245. The van der Waals surface area contributed by atoms with E-state index in [9.17, 15) is 0 Å². The standard InChI is InChI=1S/C10H16N2O2/c11-6-10-7-12(3-5-14-10)9-2-1-4-13-8-9/h9-10H,1-5,7-8H2. The molecule has 4 heteroatoms. The molecule has 0 amide bonds. The molecule has 0 bridgehead atoms. The van der Waals surface area contributed by atoms with Gasteiger partial charge in [-0.3, -0.25) is 4.90 Å². The molecule has 2 heterocycles. The summed E-state index contributed by atoms with van der Waals surface area (Å²) in [6.07, 6.45) is 2.09. The van der Waals surface area contributed by atoms with Gasteiger partial charge in [0, 0.05) is 25.7 Å². The number of rotatable bonds is 1. The van der Waals surface area contributed by atoms with Crippen molar-refractivity contribution < 1.29 is 9.47 Å². The Kier molecular flexibility index (Phi) is 3.35. The van der Waals surface area contributed by atoms with Gasteiger partial charge in [0.2, 0.25) is 0 Å². The third-order valence-electron chi connectivity index (χ3n) is 2.89. The van der Waals surface area contributed by atoms with Crippen LogP contribution in [-0.2, 0) is 9.47 Å². The van der Waals surface area contributed by atoms with Crippen LogP contribution in [0.2, 0.25) is 0 Å². The molecular weight excluding hydrogens is 180 g/mol. The van der Waals surface area contributed by atoms with E-state index in [2.05, 4.69) is 11.0 Å². The fourth-order valence-electron chi connectivity index (χ4n) is 2.09. The second-order valence-corrected chi connectivity index (χ2v) is 3.85. The summed E-state index contributed by atoms with van der Waals surface area (Å²) in [6, 6.07) is 2.67. The van der Waals surface area contributed by atoms with E-state index < -0.39 is 0 Å². The van der Waals surface area contributed by atoms with E-state index in [1.807, 2.05) is 0 Å². The van der Waals surface area contributed by atoms with Crippen LogP contribution in [0.1, 0.15) is 12.8 Å². The topological polar surface area (TPSA) is 45.5 Å². The van der Waals surface area contributed by atoms with Gasteiger partial charge in [-0.05, 0) is 12.8 Å². The van der Waals surface area contributed by atoms with Gasteiger partial charge >= 0.3 is 0 Å². The lowest BCUT2D eigenvalue weighted by atomic mass is 10.1. The zero-order valence-corrected chi connectivity index (χ0v) is 8.32. The summed E-state index contributed by atoms with van der Waals surface area (Å²) >= 11 is 0. The highest BCUT2D eigenvalue weighted by Gasteiger charge is 2.27. The molecule has 2 atom stereocenters. The molecule has 0 saturated carbocycles. The van der Waals surface area contributed by atoms with Crippen LogP contribution < -0.4 is 0 Å². The van der Waals surface area contributed by atoms with E-state index in [1.54, 1.807) is 0 Å². The summed E-state index contributed by atoms with van der Waals surface area (Å²) in [7, 11) is 0. The smallest absolute Gasteiger partial charge is 0.156 e. The van der Waals surface area contributed by atoms with Gasteiger partial charge in [0.05, 0.1) is 19.3 Å². The monoisotopic (exact) mass is 196 g/mol. The molecule has 2 saturated heterocycles. The molecule has 78 valence electrons. The van der Waals surface area contributed by atoms with Crippen LogP contribution >= 0.6 is 0 Å². The van der Waals surface area contributed by atoms with Gasteiger partial charge in [-0.2, -0.15) is 5.26 Å². The van der Waals surface area contributed by atoms with Crippen LogP contribution in [0.25, 0.3) is 0 Å². The summed E-state index contributed by atoms with van der Waals surface area (Å²) in [5.41, 5.74) is 0. The Morgan fingerprint density at radius 2 is 2.29 bits per heavy atom. The normalized spacial score (nSPS) is 35.1. The number of morpholine rings is 1. The third kappa shape index (κ3) is 2.24.